The number of halogens is 2. The van der Waals surface area contributed by atoms with Gasteiger partial charge >= 0.3 is 0 Å². The van der Waals surface area contributed by atoms with Gasteiger partial charge in [-0.05, 0) is 42.0 Å². The summed E-state index contributed by atoms with van der Waals surface area (Å²) in [5.74, 6) is 0.622. The minimum Gasteiger partial charge on any atom is -0.308 e. The Balaban J connectivity index is 2.51. The van der Waals surface area contributed by atoms with Gasteiger partial charge in [0.25, 0.3) is 0 Å². The van der Waals surface area contributed by atoms with E-state index in [0.717, 1.165) is 21.9 Å². The van der Waals surface area contributed by atoms with E-state index in [0.29, 0.717) is 12.0 Å². The molecule has 0 aliphatic heterocycles. The molecule has 0 aliphatic rings. The van der Waals surface area contributed by atoms with E-state index in [2.05, 4.69) is 60.2 Å². The molecule has 2 nitrogen and oxygen atoms in total. The van der Waals surface area contributed by atoms with Crippen molar-refractivity contribution in [2.45, 2.75) is 26.4 Å². The van der Waals surface area contributed by atoms with Crippen molar-refractivity contribution >= 4 is 38.9 Å². The molecule has 98 valence electrons. The summed E-state index contributed by atoms with van der Waals surface area (Å²) < 4.78 is 1.82. The second kappa shape index (κ2) is 7.10. The lowest BCUT2D eigenvalue weighted by Crippen LogP contribution is -2.41. The molecule has 1 unspecified atom stereocenters. The fourth-order valence-electron chi connectivity index (χ4n) is 1.61. The van der Waals surface area contributed by atoms with E-state index in [9.17, 15) is 0 Å². The molecule has 0 spiro atoms. The van der Waals surface area contributed by atoms with Gasteiger partial charge < -0.3 is 10.2 Å². The van der Waals surface area contributed by atoms with Crippen molar-refractivity contribution in [2.75, 3.05) is 20.6 Å². The Morgan fingerprint density at radius 2 is 2.12 bits per heavy atom. The van der Waals surface area contributed by atoms with E-state index >= 15 is 0 Å². The van der Waals surface area contributed by atoms with Crippen molar-refractivity contribution < 1.29 is 0 Å². The second-order valence-corrected chi connectivity index (χ2v) is 7.42. The van der Waals surface area contributed by atoms with E-state index in [1.165, 1.54) is 4.88 Å². The van der Waals surface area contributed by atoms with Gasteiger partial charge in [-0.25, -0.2) is 0 Å². The predicted molar refractivity (Wildman–Crippen MR) is 81.0 cm³/mol. The third kappa shape index (κ3) is 5.26. The molecule has 1 N–H and O–H groups in total. The number of likely N-dealkylation sites (N-methyl/N-ethyl adjacent to an activating group) is 1. The Morgan fingerprint density at radius 3 is 2.53 bits per heavy atom. The van der Waals surface area contributed by atoms with Crippen LogP contribution in [0.15, 0.2) is 10.5 Å². The smallest absolute Gasteiger partial charge is 0.107 e. The molecule has 0 aliphatic carbocycles. The van der Waals surface area contributed by atoms with Gasteiger partial charge in [0, 0.05) is 28.5 Å². The maximum Gasteiger partial charge on any atom is 0.107 e. The number of hydrogen-bond acceptors (Lipinski definition) is 3. The van der Waals surface area contributed by atoms with Gasteiger partial charge in [0.1, 0.15) is 4.34 Å². The van der Waals surface area contributed by atoms with Gasteiger partial charge in [0.2, 0.25) is 0 Å². The molecule has 0 saturated carbocycles. The van der Waals surface area contributed by atoms with E-state index in [1.54, 1.807) is 11.3 Å². The lowest BCUT2D eigenvalue weighted by molar-refractivity contribution is 0.288. The monoisotopic (exact) mass is 338 g/mol. The predicted octanol–water partition coefficient (Wildman–Crippen LogP) is 3.84. The van der Waals surface area contributed by atoms with Crippen molar-refractivity contribution in [1.29, 1.82) is 0 Å². The molecule has 0 radical (unpaired) electrons. The summed E-state index contributed by atoms with van der Waals surface area (Å²) in [5, 5.41) is 3.60. The number of thiophene rings is 1. The first-order valence-electron chi connectivity index (χ1n) is 5.72. The van der Waals surface area contributed by atoms with E-state index < -0.39 is 0 Å². The zero-order valence-corrected chi connectivity index (χ0v) is 13.9. The summed E-state index contributed by atoms with van der Waals surface area (Å²) in [5.41, 5.74) is 0. The third-order valence-corrected chi connectivity index (χ3v) is 5.08. The first kappa shape index (κ1) is 15.4. The highest BCUT2D eigenvalue weighted by Gasteiger charge is 2.14. The fourth-order valence-corrected chi connectivity index (χ4v) is 3.36. The van der Waals surface area contributed by atoms with Crippen LogP contribution in [0, 0.1) is 5.92 Å². The first-order valence-corrected chi connectivity index (χ1v) is 7.70. The Morgan fingerprint density at radius 1 is 1.47 bits per heavy atom. The van der Waals surface area contributed by atoms with Crippen molar-refractivity contribution in [3.63, 3.8) is 0 Å². The summed E-state index contributed by atoms with van der Waals surface area (Å²) in [7, 11) is 4.21. The van der Waals surface area contributed by atoms with Crippen LogP contribution in [0.1, 0.15) is 18.7 Å². The summed E-state index contributed by atoms with van der Waals surface area (Å²) in [6, 6.07) is 2.59. The Bertz CT molecular complexity index is 333. The average molecular weight is 340 g/mol. The molecule has 1 rings (SSSR count). The molecule has 5 heteroatoms. The second-order valence-electron chi connectivity index (χ2n) is 4.83. The van der Waals surface area contributed by atoms with Crippen LogP contribution in [0.2, 0.25) is 4.34 Å². The lowest BCUT2D eigenvalue weighted by atomic mass is 10.0. The largest absolute Gasteiger partial charge is 0.308 e. The van der Waals surface area contributed by atoms with Gasteiger partial charge in [0.05, 0.1) is 0 Å². The Labute approximate surface area is 121 Å². The highest BCUT2D eigenvalue weighted by molar-refractivity contribution is 9.10. The van der Waals surface area contributed by atoms with Gasteiger partial charge in [-0.15, -0.1) is 11.3 Å². The molecular weight excluding hydrogens is 320 g/mol. The van der Waals surface area contributed by atoms with Gasteiger partial charge in [0.15, 0.2) is 0 Å². The van der Waals surface area contributed by atoms with E-state index in [1.807, 2.05) is 0 Å². The molecule has 0 fully saturated rings. The fraction of sp³-hybridized carbons (Fsp3) is 0.667. The summed E-state index contributed by atoms with van der Waals surface area (Å²) >= 11 is 11.1. The molecular formula is C12H20BrClN2S. The minimum atomic E-state index is 0.504. The normalized spacial score (nSPS) is 13.6. The average Bonchev–Trinajstić information content (AvgIpc) is 2.52. The van der Waals surface area contributed by atoms with Gasteiger partial charge in [-0.1, -0.05) is 25.4 Å². The zero-order valence-electron chi connectivity index (χ0n) is 10.8. The van der Waals surface area contributed by atoms with Crippen LogP contribution < -0.4 is 5.32 Å². The summed E-state index contributed by atoms with van der Waals surface area (Å²) in [6.45, 7) is 6.43. The highest BCUT2D eigenvalue weighted by Crippen LogP contribution is 2.31. The van der Waals surface area contributed by atoms with Crippen LogP contribution in [0.5, 0.6) is 0 Å². The van der Waals surface area contributed by atoms with Crippen LogP contribution in [0.4, 0.5) is 0 Å². The molecule has 0 amide bonds. The molecule has 0 bridgehead atoms. The zero-order chi connectivity index (χ0) is 13.0. The number of rotatable bonds is 6. The van der Waals surface area contributed by atoms with Crippen molar-refractivity contribution in [2.24, 2.45) is 5.92 Å². The molecule has 1 heterocycles. The van der Waals surface area contributed by atoms with Gasteiger partial charge in [-0.3, -0.25) is 0 Å². The van der Waals surface area contributed by atoms with E-state index in [4.69, 9.17) is 11.6 Å². The number of nitrogens with zero attached hydrogens (tertiary/aromatic N) is 1. The lowest BCUT2D eigenvalue weighted by Gasteiger charge is -2.25. The van der Waals surface area contributed by atoms with Crippen LogP contribution in [-0.2, 0) is 6.54 Å². The first-order chi connectivity index (χ1) is 7.90. The van der Waals surface area contributed by atoms with Crippen LogP contribution in [0.25, 0.3) is 0 Å². The van der Waals surface area contributed by atoms with Crippen LogP contribution in [0.3, 0.4) is 0 Å². The maximum absolute atomic E-state index is 6.03. The topological polar surface area (TPSA) is 15.3 Å². The van der Waals surface area contributed by atoms with Gasteiger partial charge in [-0.2, -0.15) is 0 Å². The van der Waals surface area contributed by atoms with Crippen molar-refractivity contribution in [1.82, 2.24) is 10.2 Å². The standard InChI is InChI=1S/C12H20BrClN2S/c1-8(2)11(7-16(3)4)15-6-9-5-10(13)12(14)17-9/h5,8,11,15H,6-7H2,1-4H3. The number of hydrogen-bond donors (Lipinski definition) is 1. The molecule has 1 aromatic rings. The quantitative estimate of drug-likeness (QED) is 0.847. The minimum absolute atomic E-state index is 0.504. The SMILES string of the molecule is CC(C)C(CN(C)C)NCc1cc(Br)c(Cl)s1. The molecule has 1 aromatic heterocycles. The molecule has 17 heavy (non-hydrogen) atoms. The number of nitrogens with one attached hydrogen (secondary N) is 1. The van der Waals surface area contributed by atoms with E-state index in [-0.39, 0.29) is 0 Å². The molecule has 0 aromatic carbocycles. The van der Waals surface area contributed by atoms with Crippen LogP contribution >= 0.6 is 38.9 Å². The van der Waals surface area contributed by atoms with Crippen molar-refractivity contribution in [3.8, 4) is 0 Å². The summed E-state index contributed by atoms with van der Waals surface area (Å²) in [6.07, 6.45) is 0. The third-order valence-electron chi connectivity index (χ3n) is 2.60. The maximum atomic E-state index is 6.03. The van der Waals surface area contributed by atoms with Crippen molar-refractivity contribution in [3.05, 3.63) is 19.8 Å². The highest BCUT2D eigenvalue weighted by atomic mass is 79.9. The Kier molecular flexibility index (Phi) is 6.45. The van der Waals surface area contributed by atoms with Crippen LogP contribution in [-0.4, -0.2) is 31.6 Å². The molecule has 0 saturated heterocycles. The molecule has 1 atom stereocenters. The Hall–Kier alpha value is 0.390. The summed E-state index contributed by atoms with van der Waals surface area (Å²) in [4.78, 5) is 3.49.